The van der Waals surface area contributed by atoms with Crippen molar-refractivity contribution in [2.45, 2.75) is 4.90 Å². The van der Waals surface area contributed by atoms with Crippen LogP contribution in [-0.4, -0.2) is 18.0 Å². The molecule has 6 aromatic rings. The number of hydrogen-bond donors (Lipinski definition) is 1. The second-order valence-corrected chi connectivity index (χ2v) is 10.6. The zero-order valence-electron chi connectivity index (χ0n) is 19.6. The third kappa shape index (κ3) is 4.87. The summed E-state index contributed by atoms with van der Waals surface area (Å²) in [5.41, 5.74) is 8.84. The zero-order chi connectivity index (χ0) is 24.9. The fourth-order valence-corrected chi connectivity index (χ4v) is 6.23. The first kappa shape index (κ1) is 26.1. The molecule has 0 amide bonds. The third-order valence-electron chi connectivity index (χ3n) is 6.00. The molecule has 2 aromatic heterocycles. The van der Waals surface area contributed by atoms with Crippen molar-refractivity contribution in [1.29, 1.82) is 0 Å². The molecule has 6 rings (SSSR count). The molecule has 0 aliphatic carbocycles. The summed E-state index contributed by atoms with van der Waals surface area (Å²) in [6, 6.07) is 25.8. The first-order valence-electron chi connectivity index (χ1n) is 11.0. The van der Waals surface area contributed by atoms with E-state index in [1.807, 2.05) is 30.3 Å². The Hall–Kier alpha value is -2.54. The van der Waals surface area contributed by atoms with Gasteiger partial charge < -0.3 is 10.3 Å². The van der Waals surface area contributed by atoms with Gasteiger partial charge in [-0.15, -0.1) is 21.6 Å². The molecule has 0 unspecified atom stereocenters. The van der Waals surface area contributed by atoms with Crippen LogP contribution in [0.5, 0.6) is 0 Å². The molecule has 0 fully saturated rings. The van der Waals surface area contributed by atoms with Gasteiger partial charge in [0.25, 0.3) is 0 Å². The van der Waals surface area contributed by atoms with Gasteiger partial charge in [-0.2, -0.15) is 0 Å². The van der Waals surface area contributed by atoms with Crippen LogP contribution in [0.2, 0.25) is 0 Å². The number of rotatable bonds is 4. The number of nitrogens with zero attached hydrogens (tertiary/aromatic N) is 3. The Morgan fingerprint density at radius 2 is 1.51 bits per heavy atom. The molecule has 0 atom stereocenters. The molecular weight excluding hydrogens is 532 g/mol. The Morgan fingerprint density at radius 3 is 2.24 bits per heavy atom. The number of pyridine rings is 1. The maximum Gasteiger partial charge on any atom is 1.00 e. The number of nitrogens with two attached hydrogens (primary N) is 1. The Bertz CT molecular complexity index is 1940. The fourth-order valence-electron chi connectivity index (χ4n) is 4.31. The van der Waals surface area contributed by atoms with E-state index in [1.165, 1.54) is 21.5 Å². The van der Waals surface area contributed by atoms with Gasteiger partial charge in [0.1, 0.15) is 21.5 Å². The van der Waals surface area contributed by atoms with E-state index in [0.29, 0.717) is 11.1 Å². The van der Waals surface area contributed by atoms with Gasteiger partial charge in [0, 0.05) is 36.5 Å². The van der Waals surface area contributed by atoms with E-state index in [-0.39, 0.29) is 73.0 Å². The van der Waals surface area contributed by atoms with Crippen LogP contribution >= 0.6 is 11.3 Å². The van der Waals surface area contributed by atoms with Crippen molar-refractivity contribution < 1.29 is 64.4 Å². The summed E-state index contributed by atoms with van der Waals surface area (Å²) in [6.45, 7) is 0. The molecule has 4 aromatic carbocycles. The minimum atomic E-state index is -4.73. The van der Waals surface area contributed by atoms with Crippen LogP contribution in [-0.2, 0) is 10.1 Å². The zero-order valence-corrected chi connectivity index (χ0v) is 24.4. The number of benzene rings is 4. The van der Waals surface area contributed by atoms with Gasteiger partial charge in [0.15, 0.2) is 0 Å². The summed E-state index contributed by atoms with van der Waals surface area (Å²) in [4.78, 5) is 4.20. The molecule has 0 saturated carbocycles. The van der Waals surface area contributed by atoms with Gasteiger partial charge in [-0.25, -0.2) is 8.42 Å². The van der Waals surface area contributed by atoms with E-state index in [4.69, 9.17) is 5.73 Å². The van der Waals surface area contributed by atoms with Crippen LogP contribution < -0.4 is 57.1 Å². The third-order valence-corrected chi connectivity index (χ3v) is 8.09. The molecule has 0 aliphatic rings. The average molecular weight is 549 g/mol. The number of fused-ring (bicyclic) bond motifs is 4. The quantitative estimate of drug-likeness (QED) is 0.153. The van der Waals surface area contributed by atoms with Crippen molar-refractivity contribution in [3.63, 3.8) is 0 Å². The molecule has 2 heterocycles. The summed E-state index contributed by atoms with van der Waals surface area (Å²) >= 11 is 1.73. The predicted molar refractivity (Wildman–Crippen MR) is 143 cm³/mol. The fraction of sp³-hybridized carbons (Fsp3) is 0. The van der Waals surface area contributed by atoms with Gasteiger partial charge >= 0.3 is 51.4 Å². The first-order valence-corrected chi connectivity index (χ1v) is 13.2. The van der Waals surface area contributed by atoms with E-state index in [2.05, 4.69) is 33.4 Å². The standard InChI is InChI=1S/C27H18N4O3S2.K/c28-26-19-8-2-1-7-18(19)25(36(32,33)34)14-23(26)31-30-16-12-13-22(29-15-16)21-10-5-9-20-17-6-3-4-11-24(17)35-27(20)21;/h1-15H,28H2,(H,32,33,34);/q;+1/p-1. The van der Waals surface area contributed by atoms with Crippen molar-refractivity contribution in [1.82, 2.24) is 4.98 Å². The molecule has 0 bridgehead atoms. The smallest absolute Gasteiger partial charge is 0.744 e. The summed E-state index contributed by atoms with van der Waals surface area (Å²) in [5.74, 6) is 0. The van der Waals surface area contributed by atoms with E-state index < -0.39 is 10.1 Å². The average Bonchev–Trinajstić information content (AvgIpc) is 3.27. The second kappa shape index (κ2) is 10.3. The summed E-state index contributed by atoms with van der Waals surface area (Å²) in [6.07, 6.45) is 1.59. The molecule has 0 radical (unpaired) electrons. The predicted octanol–water partition coefficient (Wildman–Crippen LogP) is 4.18. The number of thiophene rings is 1. The Morgan fingerprint density at radius 1 is 0.811 bits per heavy atom. The van der Waals surface area contributed by atoms with E-state index >= 15 is 0 Å². The molecule has 0 spiro atoms. The SMILES string of the molecule is Nc1c(N=Nc2ccc(-c3cccc4c3sc3ccccc34)nc2)cc(S(=O)(=O)[O-])c2ccccc12.[K+]. The molecule has 37 heavy (non-hydrogen) atoms. The maximum atomic E-state index is 11.8. The number of aromatic nitrogens is 1. The van der Waals surface area contributed by atoms with Crippen molar-refractivity contribution in [3.05, 3.63) is 91.1 Å². The topological polar surface area (TPSA) is 121 Å². The maximum absolute atomic E-state index is 11.8. The van der Waals surface area contributed by atoms with Gasteiger partial charge in [-0.1, -0.05) is 60.7 Å². The first-order chi connectivity index (χ1) is 17.4. The van der Waals surface area contributed by atoms with Crippen LogP contribution in [0.15, 0.2) is 106 Å². The van der Waals surface area contributed by atoms with E-state index in [9.17, 15) is 13.0 Å². The number of azo groups is 1. The minimum Gasteiger partial charge on any atom is -0.744 e. The molecule has 176 valence electrons. The molecule has 0 saturated heterocycles. The van der Waals surface area contributed by atoms with E-state index in [0.717, 1.165) is 22.0 Å². The van der Waals surface area contributed by atoms with Crippen LogP contribution in [0.4, 0.5) is 17.1 Å². The summed E-state index contributed by atoms with van der Waals surface area (Å²) < 4.78 is 37.9. The summed E-state index contributed by atoms with van der Waals surface area (Å²) in [7, 11) is -4.73. The van der Waals surface area contributed by atoms with Crippen molar-refractivity contribution in [2.75, 3.05) is 5.73 Å². The second-order valence-electron chi connectivity index (χ2n) is 8.19. The van der Waals surface area contributed by atoms with Crippen LogP contribution in [0.3, 0.4) is 0 Å². The molecule has 0 aliphatic heterocycles. The van der Waals surface area contributed by atoms with Crippen molar-refractivity contribution >= 4 is 69.5 Å². The largest absolute Gasteiger partial charge is 1.00 e. The minimum absolute atomic E-state index is 0. The van der Waals surface area contributed by atoms with Crippen molar-refractivity contribution in [3.8, 4) is 11.3 Å². The summed E-state index contributed by atoms with van der Waals surface area (Å²) in [5, 5.41) is 11.4. The molecule has 2 N–H and O–H groups in total. The van der Waals surface area contributed by atoms with Crippen LogP contribution in [0, 0.1) is 0 Å². The van der Waals surface area contributed by atoms with Crippen molar-refractivity contribution in [2.24, 2.45) is 10.2 Å². The Balaban J connectivity index is 0.00000280. The van der Waals surface area contributed by atoms with E-state index in [1.54, 1.807) is 41.8 Å². The van der Waals surface area contributed by atoms with Crippen LogP contribution in [0.25, 0.3) is 42.2 Å². The van der Waals surface area contributed by atoms with Gasteiger partial charge in [0.05, 0.1) is 22.5 Å². The number of anilines is 1. The monoisotopic (exact) mass is 548 g/mol. The molecule has 7 nitrogen and oxygen atoms in total. The number of hydrogen-bond acceptors (Lipinski definition) is 8. The van der Waals surface area contributed by atoms with Gasteiger partial charge in [-0.3, -0.25) is 4.98 Å². The normalized spacial score (nSPS) is 11.9. The Labute approximate surface area is 259 Å². The molecule has 10 heteroatoms. The Kier molecular flexibility index (Phi) is 7.27. The van der Waals surface area contributed by atoms with Gasteiger partial charge in [0.2, 0.25) is 0 Å². The van der Waals surface area contributed by atoms with Gasteiger partial charge in [-0.05, 0) is 24.3 Å². The molecular formula is C27H17KN4O3S2. The number of nitrogen functional groups attached to an aromatic ring is 1. The van der Waals surface area contributed by atoms with Crippen LogP contribution in [0.1, 0.15) is 0 Å².